The van der Waals surface area contributed by atoms with Crippen molar-refractivity contribution in [1.82, 2.24) is 5.32 Å². The predicted octanol–water partition coefficient (Wildman–Crippen LogP) is 1.91. The van der Waals surface area contributed by atoms with E-state index in [9.17, 15) is 14.7 Å². The molecular weight excluding hydrogens is 258 g/mol. The van der Waals surface area contributed by atoms with Crippen LogP contribution in [0.3, 0.4) is 0 Å². The van der Waals surface area contributed by atoms with Gasteiger partial charge in [-0.15, -0.1) is 6.58 Å². The Morgan fingerprint density at radius 3 is 2.60 bits per heavy atom. The lowest BCUT2D eigenvalue weighted by Gasteiger charge is -2.18. The van der Waals surface area contributed by atoms with Crippen LogP contribution in [0.15, 0.2) is 43.0 Å². The Hall–Kier alpha value is -2.14. The molecule has 1 aromatic rings. The van der Waals surface area contributed by atoms with Crippen LogP contribution >= 0.6 is 0 Å². The molecule has 0 fully saturated rings. The van der Waals surface area contributed by atoms with Crippen LogP contribution in [0.4, 0.5) is 0 Å². The van der Waals surface area contributed by atoms with Gasteiger partial charge < -0.3 is 15.2 Å². The molecule has 5 heteroatoms. The number of carbonyl (C=O) groups is 2. The summed E-state index contributed by atoms with van der Waals surface area (Å²) < 4.78 is 5.28. The van der Waals surface area contributed by atoms with Crippen LogP contribution in [0.5, 0.6) is 0 Å². The number of carboxylic acids is 1. The maximum Gasteiger partial charge on any atom is 0.330 e. The minimum Gasteiger partial charge on any atom is -0.479 e. The standard InChI is InChI=1S/C15H19NO4/c1-3-4-10-20-11(2)14(17)16-13(15(18)19)12-8-6-5-7-9-12/h3,5-9,11,13H,1,4,10H2,2H3,(H,16,17)(H,18,19)/t11?,13-/m0/s1. The van der Waals surface area contributed by atoms with E-state index in [1.807, 2.05) is 0 Å². The third kappa shape index (κ3) is 4.85. The van der Waals surface area contributed by atoms with Gasteiger partial charge in [-0.05, 0) is 18.9 Å². The Balaban J connectivity index is 2.64. The van der Waals surface area contributed by atoms with Gasteiger partial charge >= 0.3 is 5.97 Å². The zero-order valence-electron chi connectivity index (χ0n) is 11.4. The van der Waals surface area contributed by atoms with Crippen molar-refractivity contribution in [3.63, 3.8) is 0 Å². The molecule has 0 aliphatic carbocycles. The van der Waals surface area contributed by atoms with Gasteiger partial charge in [0, 0.05) is 0 Å². The second-order valence-corrected chi connectivity index (χ2v) is 4.28. The monoisotopic (exact) mass is 277 g/mol. The zero-order valence-corrected chi connectivity index (χ0v) is 11.4. The average molecular weight is 277 g/mol. The fourth-order valence-corrected chi connectivity index (χ4v) is 1.60. The van der Waals surface area contributed by atoms with Crippen LogP contribution < -0.4 is 5.32 Å². The third-order valence-corrected chi connectivity index (χ3v) is 2.73. The fraction of sp³-hybridized carbons (Fsp3) is 0.333. The van der Waals surface area contributed by atoms with Crippen LogP contribution in [0.1, 0.15) is 24.9 Å². The van der Waals surface area contributed by atoms with Crippen molar-refractivity contribution in [1.29, 1.82) is 0 Å². The lowest BCUT2D eigenvalue weighted by molar-refractivity contribution is -0.144. The Bertz CT molecular complexity index is 458. The molecule has 0 radical (unpaired) electrons. The number of carboxylic acid groups (broad SMARTS) is 1. The topological polar surface area (TPSA) is 75.6 Å². The van der Waals surface area contributed by atoms with E-state index in [1.54, 1.807) is 43.3 Å². The van der Waals surface area contributed by atoms with Crippen molar-refractivity contribution in [3.05, 3.63) is 48.6 Å². The third-order valence-electron chi connectivity index (χ3n) is 2.73. The highest BCUT2D eigenvalue weighted by Gasteiger charge is 2.24. The Labute approximate surface area is 118 Å². The van der Waals surface area contributed by atoms with E-state index in [1.165, 1.54) is 0 Å². The smallest absolute Gasteiger partial charge is 0.330 e. The molecule has 1 aromatic carbocycles. The number of ether oxygens (including phenoxy) is 1. The SMILES string of the molecule is C=CCCOC(C)C(=O)N[C@H](C(=O)O)c1ccccc1. The summed E-state index contributed by atoms with van der Waals surface area (Å²) in [5.74, 6) is -1.56. The van der Waals surface area contributed by atoms with Crippen LogP contribution in [-0.2, 0) is 14.3 Å². The lowest BCUT2D eigenvalue weighted by atomic mass is 10.1. The largest absolute Gasteiger partial charge is 0.479 e. The summed E-state index contributed by atoms with van der Waals surface area (Å²) in [4.78, 5) is 23.1. The average Bonchev–Trinajstić information content (AvgIpc) is 2.45. The molecule has 5 nitrogen and oxygen atoms in total. The quantitative estimate of drug-likeness (QED) is 0.562. The number of benzene rings is 1. The van der Waals surface area contributed by atoms with Crippen LogP contribution in [0, 0.1) is 0 Å². The predicted molar refractivity (Wildman–Crippen MR) is 75.2 cm³/mol. The molecule has 0 aromatic heterocycles. The molecule has 20 heavy (non-hydrogen) atoms. The van der Waals surface area contributed by atoms with Crippen LogP contribution in [0.25, 0.3) is 0 Å². The molecule has 1 rings (SSSR count). The molecule has 2 atom stereocenters. The summed E-state index contributed by atoms with van der Waals surface area (Å²) in [5, 5.41) is 11.7. The normalized spacial score (nSPS) is 13.2. The number of rotatable bonds is 8. The van der Waals surface area contributed by atoms with Crippen molar-refractivity contribution in [2.45, 2.75) is 25.5 Å². The maximum absolute atomic E-state index is 11.9. The van der Waals surface area contributed by atoms with Gasteiger partial charge in [0.25, 0.3) is 0 Å². The van der Waals surface area contributed by atoms with Gasteiger partial charge in [-0.25, -0.2) is 4.79 Å². The van der Waals surface area contributed by atoms with Gasteiger partial charge in [-0.1, -0.05) is 36.4 Å². The molecule has 0 bridgehead atoms. The molecular formula is C15H19NO4. The van der Waals surface area contributed by atoms with E-state index >= 15 is 0 Å². The molecule has 0 aliphatic rings. The van der Waals surface area contributed by atoms with E-state index in [0.29, 0.717) is 18.6 Å². The number of carbonyl (C=O) groups excluding carboxylic acids is 1. The fourth-order valence-electron chi connectivity index (χ4n) is 1.60. The summed E-state index contributed by atoms with van der Waals surface area (Å²) in [7, 11) is 0. The van der Waals surface area contributed by atoms with E-state index < -0.39 is 24.0 Å². The number of nitrogens with one attached hydrogen (secondary N) is 1. The molecule has 0 spiro atoms. The molecule has 108 valence electrons. The second kappa shape index (κ2) is 8.12. The summed E-state index contributed by atoms with van der Waals surface area (Å²) in [6.07, 6.45) is 1.62. The zero-order chi connectivity index (χ0) is 15.0. The summed E-state index contributed by atoms with van der Waals surface area (Å²) in [6, 6.07) is 7.47. The van der Waals surface area contributed by atoms with Gasteiger partial charge in [-0.2, -0.15) is 0 Å². The van der Waals surface area contributed by atoms with Gasteiger partial charge in [-0.3, -0.25) is 4.79 Å². The minimum atomic E-state index is -1.11. The number of hydrogen-bond acceptors (Lipinski definition) is 3. The van der Waals surface area contributed by atoms with E-state index in [0.717, 1.165) is 0 Å². The molecule has 1 unspecified atom stereocenters. The first-order valence-electron chi connectivity index (χ1n) is 6.37. The van der Waals surface area contributed by atoms with Gasteiger partial charge in [0.2, 0.25) is 5.91 Å². The summed E-state index contributed by atoms with van der Waals surface area (Å²) >= 11 is 0. The highest BCUT2D eigenvalue weighted by atomic mass is 16.5. The van der Waals surface area contributed by atoms with E-state index in [-0.39, 0.29) is 0 Å². The Kier molecular flexibility index (Phi) is 6.46. The van der Waals surface area contributed by atoms with Crippen LogP contribution in [-0.4, -0.2) is 29.7 Å². The highest BCUT2D eigenvalue weighted by Crippen LogP contribution is 2.13. The van der Waals surface area contributed by atoms with Crippen molar-refractivity contribution in [3.8, 4) is 0 Å². The number of amides is 1. The lowest BCUT2D eigenvalue weighted by Crippen LogP contribution is -2.40. The minimum absolute atomic E-state index is 0.376. The van der Waals surface area contributed by atoms with Crippen molar-refractivity contribution >= 4 is 11.9 Å². The van der Waals surface area contributed by atoms with Crippen molar-refractivity contribution in [2.75, 3.05) is 6.61 Å². The number of hydrogen-bond donors (Lipinski definition) is 2. The first-order chi connectivity index (χ1) is 9.56. The highest BCUT2D eigenvalue weighted by molar-refractivity contribution is 5.86. The molecule has 0 aliphatic heterocycles. The molecule has 0 heterocycles. The molecule has 0 saturated heterocycles. The number of aliphatic carboxylic acids is 1. The second-order valence-electron chi connectivity index (χ2n) is 4.28. The molecule has 2 N–H and O–H groups in total. The van der Waals surface area contributed by atoms with Gasteiger partial charge in [0.15, 0.2) is 6.04 Å². The first kappa shape index (κ1) is 15.9. The Morgan fingerprint density at radius 2 is 2.05 bits per heavy atom. The molecule has 0 saturated carbocycles. The Morgan fingerprint density at radius 1 is 1.40 bits per heavy atom. The van der Waals surface area contributed by atoms with E-state index in [2.05, 4.69) is 11.9 Å². The van der Waals surface area contributed by atoms with E-state index in [4.69, 9.17) is 4.74 Å². The van der Waals surface area contributed by atoms with Crippen LogP contribution in [0.2, 0.25) is 0 Å². The van der Waals surface area contributed by atoms with Gasteiger partial charge in [0.1, 0.15) is 6.10 Å². The molecule has 1 amide bonds. The first-order valence-corrected chi connectivity index (χ1v) is 6.37. The summed E-state index contributed by atoms with van der Waals surface area (Å²) in [5.41, 5.74) is 0.520. The summed E-state index contributed by atoms with van der Waals surface area (Å²) in [6.45, 7) is 5.52. The van der Waals surface area contributed by atoms with Crippen molar-refractivity contribution in [2.24, 2.45) is 0 Å². The van der Waals surface area contributed by atoms with Gasteiger partial charge in [0.05, 0.1) is 6.61 Å². The maximum atomic E-state index is 11.9. The van der Waals surface area contributed by atoms with Crippen molar-refractivity contribution < 1.29 is 19.4 Å².